The summed E-state index contributed by atoms with van der Waals surface area (Å²) < 4.78 is 17.2. The number of carboxylic acid groups (broad SMARTS) is 1. The second-order valence-electron chi connectivity index (χ2n) is 15.9. The first kappa shape index (κ1) is 53.0. The normalized spacial score (nSPS) is 13.5. The number of ether oxygens (including phenoxy) is 3. The van der Waals surface area contributed by atoms with Gasteiger partial charge in [0, 0.05) is 19.3 Å². The third-order valence-electron chi connectivity index (χ3n) is 9.68. The highest BCUT2D eigenvalue weighted by Gasteiger charge is 2.31. The van der Waals surface area contributed by atoms with Crippen LogP contribution in [0.2, 0.25) is 0 Å². The van der Waals surface area contributed by atoms with Gasteiger partial charge in [0.05, 0.1) is 34.4 Å². The molecule has 0 fully saturated rings. The van der Waals surface area contributed by atoms with E-state index in [2.05, 4.69) is 74.6 Å². The van der Waals surface area contributed by atoms with Gasteiger partial charge in [-0.1, -0.05) is 158 Å². The number of carboxylic acids is 1. The van der Waals surface area contributed by atoms with E-state index in [0.717, 1.165) is 77.0 Å². The van der Waals surface area contributed by atoms with Crippen molar-refractivity contribution in [3.05, 3.63) is 60.8 Å². The largest absolute Gasteiger partial charge is 0.477 e. The maximum absolute atomic E-state index is 12.7. The molecule has 322 valence electrons. The molecule has 56 heavy (non-hydrogen) atoms. The summed E-state index contributed by atoms with van der Waals surface area (Å²) in [6.07, 6.45) is 46.9. The molecular weight excluding hydrogens is 703 g/mol. The van der Waals surface area contributed by atoms with Gasteiger partial charge in [0.2, 0.25) is 0 Å². The SMILES string of the molecule is CC/C=C/C/C=C/C/C=C/C/C=C/C/C=C/CCCCCC(=O)OCC(COCCC(C(=O)O)[N+](C)(C)C)OC(=O)CCCCCCCCCCCCCCC. The second kappa shape index (κ2) is 38.9. The number of carbonyl (C=O) groups excluding carboxylic acids is 2. The molecule has 1 N–H and O–H groups in total. The average molecular weight is 787 g/mol. The average Bonchev–Trinajstić information content (AvgIpc) is 3.15. The van der Waals surface area contributed by atoms with Crippen LogP contribution in [-0.4, -0.2) is 80.6 Å². The second-order valence-corrected chi connectivity index (χ2v) is 15.9. The van der Waals surface area contributed by atoms with Crippen molar-refractivity contribution < 1.29 is 38.2 Å². The molecule has 2 unspecified atom stereocenters. The number of carbonyl (C=O) groups is 3. The van der Waals surface area contributed by atoms with Crippen LogP contribution in [0.5, 0.6) is 0 Å². The van der Waals surface area contributed by atoms with Crippen LogP contribution >= 0.6 is 0 Å². The van der Waals surface area contributed by atoms with Gasteiger partial charge in [-0.25, -0.2) is 4.79 Å². The monoisotopic (exact) mass is 787 g/mol. The predicted molar refractivity (Wildman–Crippen MR) is 234 cm³/mol. The summed E-state index contributed by atoms with van der Waals surface area (Å²) in [5, 5.41) is 9.62. The van der Waals surface area contributed by atoms with Crippen molar-refractivity contribution in [2.24, 2.45) is 0 Å². The van der Waals surface area contributed by atoms with Crippen LogP contribution in [0.15, 0.2) is 60.8 Å². The smallest absolute Gasteiger partial charge is 0.362 e. The molecule has 2 atom stereocenters. The van der Waals surface area contributed by atoms with Gasteiger partial charge in [-0.15, -0.1) is 0 Å². The Morgan fingerprint density at radius 2 is 1.00 bits per heavy atom. The molecule has 0 saturated carbocycles. The minimum absolute atomic E-state index is 0.0500. The number of esters is 2. The van der Waals surface area contributed by atoms with Crippen LogP contribution in [0.3, 0.4) is 0 Å². The molecule has 0 bridgehead atoms. The number of hydrogen-bond donors (Lipinski definition) is 1. The Labute approximate surface area is 343 Å². The molecule has 0 aromatic carbocycles. The summed E-state index contributed by atoms with van der Waals surface area (Å²) >= 11 is 0. The van der Waals surface area contributed by atoms with E-state index in [4.69, 9.17) is 14.2 Å². The van der Waals surface area contributed by atoms with Gasteiger partial charge in [-0.2, -0.15) is 0 Å². The number of quaternary nitrogens is 1. The number of rotatable bonds is 39. The topological polar surface area (TPSA) is 99.1 Å². The fourth-order valence-corrected chi connectivity index (χ4v) is 6.23. The predicted octanol–water partition coefficient (Wildman–Crippen LogP) is 12.2. The maximum atomic E-state index is 12.7. The van der Waals surface area contributed by atoms with Crippen molar-refractivity contribution in [3.63, 3.8) is 0 Å². The van der Waals surface area contributed by atoms with E-state index in [0.29, 0.717) is 19.3 Å². The van der Waals surface area contributed by atoms with Crippen molar-refractivity contribution in [2.45, 2.75) is 187 Å². The van der Waals surface area contributed by atoms with Crippen molar-refractivity contribution in [2.75, 3.05) is 41.0 Å². The van der Waals surface area contributed by atoms with Gasteiger partial charge in [0.1, 0.15) is 6.61 Å². The van der Waals surface area contributed by atoms with Gasteiger partial charge in [0.15, 0.2) is 12.1 Å². The van der Waals surface area contributed by atoms with Crippen LogP contribution < -0.4 is 0 Å². The third-order valence-corrected chi connectivity index (χ3v) is 9.68. The molecule has 0 amide bonds. The molecule has 0 rings (SSSR count). The van der Waals surface area contributed by atoms with E-state index in [9.17, 15) is 19.5 Å². The molecule has 0 aliphatic carbocycles. The minimum Gasteiger partial charge on any atom is -0.477 e. The summed E-state index contributed by atoms with van der Waals surface area (Å²) in [5.41, 5.74) is 0. The zero-order valence-corrected chi connectivity index (χ0v) is 36.6. The lowest BCUT2D eigenvalue weighted by atomic mass is 10.0. The molecule has 8 heteroatoms. The lowest BCUT2D eigenvalue weighted by molar-refractivity contribution is -0.887. The van der Waals surface area contributed by atoms with E-state index >= 15 is 0 Å². The summed E-state index contributed by atoms with van der Waals surface area (Å²) in [6, 6.07) is -0.620. The van der Waals surface area contributed by atoms with Gasteiger partial charge in [-0.3, -0.25) is 9.59 Å². The summed E-state index contributed by atoms with van der Waals surface area (Å²) in [4.78, 5) is 37.0. The molecule has 0 aromatic heterocycles. The first-order valence-corrected chi connectivity index (χ1v) is 22.3. The summed E-state index contributed by atoms with van der Waals surface area (Å²) in [5.74, 6) is -1.51. The van der Waals surface area contributed by atoms with Crippen LogP contribution in [0.25, 0.3) is 0 Å². The first-order chi connectivity index (χ1) is 27.1. The van der Waals surface area contributed by atoms with E-state index in [1.165, 1.54) is 64.2 Å². The van der Waals surface area contributed by atoms with E-state index < -0.39 is 18.1 Å². The highest BCUT2D eigenvalue weighted by atomic mass is 16.6. The van der Waals surface area contributed by atoms with Crippen LogP contribution in [-0.2, 0) is 28.6 Å². The zero-order valence-electron chi connectivity index (χ0n) is 36.6. The van der Waals surface area contributed by atoms with Crippen LogP contribution in [0.4, 0.5) is 0 Å². The molecule has 0 spiro atoms. The van der Waals surface area contributed by atoms with Crippen molar-refractivity contribution in [3.8, 4) is 0 Å². The standard InChI is InChI=1S/C48H83NO7/c1-6-8-10-12-14-16-18-20-21-22-23-24-25-27-28-30-32-34-36-38-46(50)55-43-44(42-54-41-40-45(48(52)53)49(3,4)5)56-47(51)39-37-35-33-31-29-26-19-17-15-13-11-9-7-2/h8,10,14,16,20-21,23-24,27-28,44-45H,6-7,9,11-13,15,17-19,22,25-26,29-43H2,1-5H3/p+1/b10-8+,16-14+,21-20+,24-23+,28-27+. The lowest BCUT2D eigenvalue weighted by Crippen LogP contribution is -2.50. The number of allylic oxidation sites excluding steroid dienone is 10. The molecule has 0 heterocycles. The molecule has 0 aliphatic rings. The molecule has 0 aliphatic heterocycles. The highest BCUT2D eigenvalue weighted by Crippen LogP contribution is 2.14. The van der Waals surface area contributed by atoms with E-state index in [1.54, 1.807) is 0 Å². The fraction of sp³-hybridized carbons (Fsp3) is 0.729. The quantitative estimate of drug-likeness (QED) is 0.0287. The Morgan fingerprint density at radius 1 is 0.554 bits per heavy atom. The zero-order chi connectivity index (χ0) is 41.4. The van der Waals surface area contributed by atoms with Crippen molar-refractivity contribution in [1.29, 1.82) is 0 Å². The van der Waals surface area contributed by atoms with Gasteiger partial charge < -0.3 is 23.8 Å². The van der Waals surface area contributed by atoms with E-state index in [1.807, 2.05) is 21.1 Å². The van der Waals surface area contributed by atoms with E-state index in [-0.39, 0.29) is 36.2 Å². The van der Waals surface area contributed by atoms with Crippen LogP contribution in [0, 0.1) is 0 Å². The Bertz CT molecular complexity index is 1100. The maximum Gasteiger partial charge on any atom is 0.362 e. The molecule has 0 aromatic rings. The Kier molecular flexibility index (Phi) is 36.8. The number of aliphatic carboxylic acids is 1. The number of unbranched alkanes of at least 4 members (excludes halogenated alkanes) is 15. The summed E-state index contributed by atoms with van der Waals surface area (Å²) in [7, 11) is 5.51. The minimum atomic E-state index is -0.881. The molecule has 8 nitrogen and oxygen atoms in total. The Hall–Kier alpha value is -2.97. The van der Waals surface area contributed by atoms with Gasteiger partial charge in [-0.05, 0) is 57.8 Å². The first-order valence-electron chi connectivity index (χ1n) is 22.3. The molecule has 0 radical (unpaired) electrons. The Balaban J connectivity index is 4.39. The number of hydrogen-bond acceptors (Lipinski definition) is 6. The number of nitrogens with zero attached hydrogens (tertiary/aromatic N) is 1. The fourth-order valence-electron chi connectivity index (χ4n) is 6.23. The van der Waals surface area contributed by atoms with Crippen molar-refractivity contribution in [1.82, 2.24) is 0 Å². The van der Waals surface area contributed by atoms with Crippen LogP contribution in [0.1, 0.15) is 174 Å². The summed E-state index contributed by atoms with van der Waals surface area (Å²) in [6.45, 7) is 4.58. The molecular formula is C48H84NO7+. The van der Waals surface area contributed by atoms with Gasteiger partial charge in [0.25, 0.3) is 0 Å². The highest BCUT2D eigenvalue weighted by molar-refractivity contribution is 5.72. The number of likely N-dealkylation sites (N-methyl/N-ethyl adjacent to an activating group) is 1. The lowest BCUT2D eigenvalue weighted by Gasteiger charge is -2.31. The molecule has 0 saturated heterocycles. The van der Waals surface area contributed by atoms with Crippen molar-refractivity contribution >= 4 is 17.9 Å². The third kappa shape index (κ3) is 36.7. The van der Waals surface area contributed by atoms with Gasteiger partial charge >= 0.3 is 17.9 Å². The Morgan fingerprint density at radius 3 is 1.48 bits per heavy atom.